The summed E-state index contributed by atoms with van der Waals surface area (Å²) in [6.45, 7) is 6.43. The average Bonchev–Trinajstić information content (AvgIpc) is 2.83. The first-order chi connectivity index (χ1) is 15.7. The second-order valence-corrected chi connectivity index (χ2v) is 8.91. The minimum absolute atomic E-state index is 0.127. The van der Waals surface area contributed by atoms with E-state index in [4.69, 9.17) is 4.74 Å². The first-order valence-corrected chi connectivity index (χ1v) is 11.7. The molecule has 0 radical (unpaired) electrons. The lowest BCUT2D eigenvalue weighted by atomic mass is 10.2. The first kappa shape index (κ1) is 23.2. The fourth-order valence-corrected chi connectivity index (χ4v) is 5.39. The minimum atomic E-state index is -0.916. The van der Waals surface area contributed by atoms with Crippen molar-refractivity contribution in [3.8, 4) is 0 Å². The molecule has 0 aliphatic rings. The average molecular weight is 446 g/mol. The molecule has 0 saturated heterocycles. The number of rotatable bonds is 9. The molecule has 0 unspecified atom stereocenters. The van der Waals surface area contributed by atoms with Crippen molar-refractivity contribution in [3.05, 3.63) is 109 Å². The number of carbonyl (C=O) groups excluding carboxylic acids is 2. The molecule has 3 rings (SSSR count). The van der Waals surface area contributed by atoms with Gasteiger partial charge in [0.2, 0.25) is 0 Å². The van der Waals surface area contributed by atoms with Crippen LogP contribution in [0.5, 0.6) is 0 Å². The SMILES string of the molecule is C=CCN(Cc1ccccc1)C(=O)C(C(=O)OCC)=S(c1ccccc1)c1ccccc1. The third-order valence-electron chi connectivity index (χ3n) is 4.67. The second-order valence-electron chi connectivity index (χ2n) is 6.94. The van der Waals surface area contributed by atoms with Gasteiger partial charge in [-0.25, -0.2) is 4.79 Å². The summed E-state index contributed by atoms with van der Waals surface area (Å²) >= 11 is 0. The van der Waals surface area contributed by atoms with E-state index in [1.54, 1.807) is 17.9 Å². The van der Waals surface area contributed by atoms with E-state index in [0.717, 1.165) is 15.4 Å². The molecule has 0 fully saturated rings. The van der Waals surface area contributed by atoms with Gasteiger partial charge in [0.1, 0.15) is 0 Å². The lowest BCUT2D eigenvalue weighted by Crippen LogP contribution is -2.40. The Morgan fingerprint density at radius 3 is 1.84 bits per heavy atom. The van der Waals surface area contributed by atoms with E-state index < -0.39 is 16.5 Å². The highest BCUT2D eigenvalue weighted by Gasteiger charge is 2.29. The second kappa shape index (κ2) is 11.8. The quantitative estimate of drug-likeness (QED) is 0.194. The summed E-state index contributed by atoms with van der Waals surface area (Å²) in [6.07, 6.45) is 1.67. The van der Waals surface area contributed by atoms with Gasteiger partial charge >= 0.3 is 5.97 Å². The van der Waals surface area contributed by atoms with Crippen molar-refractivity contribution in [2.45, 2.75) is 23.3 Å². The monoisotopic (exact) mass is 445 g/mol. The van der Waals surface area contributed by atoms with E-state index in [0.29, 0.717) is 13.1 Å². The molecule has 32 heavy (non-hydrogen) atoms. The van der Waals surface area contributed by atoms with E-state index >= 15 is 0 Å². The Kier molecular flexibility index (Phi) is 8.58. The predicted molar refractivity (Wildman–Crippen MR) is 131 cm³/mol. The van der Waals surface area contributed by atoms with Crippen LogP contribution in [0.1, 0.15) is 12.5 Å². The van der Waals surface area contributed by atoms with Gasteiger partial charge in [0.25, 0.3) is 5.91 Å². The molecule has 3 aromatic rings. The van der Waals surface area contributed by atoms with Crippen molar-refractivity contribution in [1.82, 2.24) is 4.90 Å². The Balaban J connectivity index is 2.19. The van der Waals surface area contributed by atoms with Gasteiger partial charge in [0, 0.05) is 22.9 Å². The molecular formula is C27H27NO3S. The molecule has 164 valence electrons. The van der Waals surface area contributed by atoms with Crippen molar-refractivity contribution in [2.24, 2.45) is 0 Å². The topological polar surface area (TPSA) is 46.6 Å². The fourth-order valence-electron chi connectivity index (χ4n) is 3.26. The molecule has 5 heteroatoms. The highest BCUT2D eigenvalue weighted by atomic mass is 32.2. The molecule has 0 bridgehead atoms. The highest BCUT2D eigenvalue weighted by Crippen LogP contribution is 2.37. The number of ether oxygens (including phenoxy) is 1. The van der Waals surface area contributed by atoms with Gasteiger partial charge in [-0.1, -0.05) is 72.8 Å². The Morgan fingerprint density at radius 2 is 1.38 bits per heavy atom. The number of amides is 1. The molecule has 0 aromatic heterocycles. The lowest BCUT2D eigenvalue weighted by molar-refractivity contribution is -0.136. The Labute approximate surface area is 192 Å². The maximum absolute atomic E-state index is 13.9. The van der Waals surface area contributed by atoms with Gasteiger partial charge in [-0.3, -0.25) is 4.79 Å². The van der Waals surface area contributed by atoms with Gasteiger partial charge < -0.3 is 9.64 Å². The first-order valence-electron chi connectivity index (χ1n) is 10.5. The summed E-state index contributed by atoms with van der Waals surface area (Å²) in [5, 5.41) is 0. The van der Waals surface area contributed by atoms with Gasteiger partial charge in [-0.15, -0.1) is 17.1 Å². The maximum Gasteiger partial charge on any atom is 0.350 e. The van der Waals surface area contributed by atoms with Crippen LogP contribution in [0.2, 0.25) is 0 Å². The van der Waals surface area contributed by atoms with E-state index in [-0.39, 0.29) is 17.4 Å². The Morgan fingerprint density at radius 1 is 0.875 bits per heavy atom. The van der Waals surface area contributed by atoms with Crippen molar-refractivity contribution < 1.29 is 14.3 Å². The number of hydrogen-bond acceptors (Lipinski definition) is 3. The van der Waals surface area contributed by atoms with Crippen LogP contribution < -0.4 is 0 Å². The molecule has 0 aliphatic carbocycles. The molecule has 0 saturated carbocycles. The van der Waals surface area contributed by atoms with E-state index in [2.05, 4.69) is 6.58 Å². The normalized spacial score (nSPS) is 10.4. The summed E-state index contributed by atoms with van der Waals surface area (Å²) in [7, 11) is -0.916. The van der Waals surface area contributed by atoms with Gasteiger partial charge in [0.15, 0.2) is 4.86 Å². The van der Waals surface area contributed by atoms with Gasteiger partial charge in [0.05, 0.1) is 6.61 Å². The molecule has 0 N–H and O–H groups in total. The molecule has 3 aromatic carbocycles. The van der Waals surface area contributed by atoms with E-state index in [9.17, 15) is 9.59 Å². The zero-order valence-electron chi connectivity index (χ0n) is 18.1. The van der Waals surface area contributed by atoms with Crippen LogP contribution in [-0.2, 0) is 20.9 Å². The number of nitrogens with zero attached hydrogens (tertiary/aromatic N) is 1. The van der Waals surface area contributed by atoms with Gasteiger partial charge in [-0.2, -0.15) is 0 Å². The smallest absolute Gasteiger partial charge is 0.350 e. The van der Waals surface area contributed by atoms with Crippen molar-refractivity contribution in [2.75, 3.05) is 13.2 Å². The molecule has 4 nitrogen and oxygen atoms in total. The summed E-state index contributed by atoms with van der Waals surface area (Å²) in [6, 6.07) is 29.0. The van der Waals surface area contributed by atoms with Crippen LogP contribution in [0.25, 0.3) is 0 Å². The predicted octanol–water partition coefficient (Wildman–Crippen LogP) is 5.32. The third kappa shape index (κ3) is 5.83. The van der Waals surface area contributed by atoms with Crippen LogP contribution in [0.15, 0.2) is 113 Å². The lowest BCUT2D eigenvalue weighted by Gasteiger charge is -2.24. The zero-order chi connectivity index (χ0) is 22.8. The Bertz CT molecular complexity index is 1040. The summed E-state index contributed by atoms with van der Waals surface area (Å²) < 4.78 is 5.39. The van der Waals surface area contributed by atoms with Crippen LogP contribution in [0, 0.1) is 0 Å². The van der Waals surface area contributed by atoms with Gasteiger partial charge in [-0.05, 0) is 36.8 Å². The van der Waals surface area contributed by atoms with Crippen molar-refractivity contribution in [1.29, 1.82) is 0 Å². The number of carbonyl (C=O) groups is 2. The molecule has 0 atom stereocenters. The van der Waals surface area contributed by atoms with Crippen LogP contribution in [0.4, 0.5) is 0 Å². The number of benzene rings is 3. The summed E-state index contributed by atoms with van der Waals surface area (Å²) in [5.74, 6) is -0.932. The number of hydrogen-bond donors (Lipinski definition) is 0. The molecular weight excluding hydrogens is 418 g/mol. The van der Waals surface area contributed by atoms with Crippen LogP contribution in [-0.4, -0.2) is 34.8 Å². The Hall–Kier alpha value is -3.44. The molecule has 0 heterocycles. The highest BCUT2D eigenvalue weighted by molar-refractivity contribution is 8.18. The molecule has 1 amide bonds. The third-order valence-corrected chi connectivity index (χ3v) is 6.91. The van der Waals surface area contributed by atoms with Crippen LogP contribution >= 0.6 is 10.5 Å². The fraction of sp³-hybridized carbons (Fsp3) is 0.148. The van der Waals surface area contributed by atoms with Crippen LogP contribution in [0.3, 0.4) is 0 Å². The largest absolute Gasteiger partial charge is 0.462 e. The summed E-state index contributed by atoms with van der Waals surface area (Å²) in [4.78, 5) is 30.6. The van der Waals surface area contributed by atoms with Crippen molar-refractivity contribution >= 4 is 27.2 Å². The van der Waals surface area contributed by atoms with E-state index in [1.165, 1.54) is 0 Å². The zero-order valence-corrected chi connectivity index (χ0v) is 19.0. The molecule has 0 spiro atoms. The maximum atomic E-state index is 13.9. The number of esters is 1. The van der Waals surface area contributed by atoms with Crippen molar-refractivity contribution in [3.63, 3.8) is 0 Å². The molecule has 0 aliphatic heterocycles. The van der Waals surface area contributed by atoms with E-state index in [1.807, 2.05) is 91.0 Å². The minimum Gasteiger partial charge on any atom is -0.462 e. The summed E-state index contributed by atoms with van der Waals surface area (Å²) in [5.41, 5.74) is 0.977. The standard InChI is InChI=1S/C27H27NO3S/c1-3-20-28(21-22-14-8-5-9-15-22)26(29)25(27(30)31-4-2)32(23-16-10-6-11-17-23)24-18-12-7-13-19-24/h3,5-19H,1,4,20-21H2,2H3.